The molecule has 0 aliphatic carbocycles. The Hall–Kier alpha value is -2.55. The van der Waals surface area contributed by atoms with Crippen molar-refractivity contribution in [2.45, 2.75) is 26.1 Å². The zero-order chi connectivity index (χ0) is 17.7. The highest BCUT2D eigenvalue weighted by Gasteiger charge is 2.24. The van der Waals surface area contributed by atoms with E-state index in [1.807, 2.05) is 24.2 Å². The second-order valence-electron chi connectivity index (χ2n) is 5.52. The van der Waals surface area contributed by atoms with Crippen LogP contribution in [0.4, 0.5) is 25.4 Å². The standard InChI is InChI=1S/C15H21FN4O4/c1-9-7-20(8-10(2)24-9)13-5-4-11(6-12(13)16)17-14(21)18-19-15(22)23-3/h4-6,9-10H,7-8H2,1-3H3,(H,19,22)(H2,17,18,21)/t9-,10+. The number of carbonyl (C=O) groups excluding carboxylic acids is 2. The van der Waals surface area contributed by atoms with Crippen LogP contribution in [0, 0.1) is 5.82 Å². The van der Waals surface area contributed by atoms with Crippen molar-refractivity contribution >= 4 is 23.5 Å². The number of amides is 3. The first-order chi connectivity index (χ1) is 11.4. The second-order valence-corrected chi connectivity index (χ2v) is 5.52. The summed E-state index contributed by atoms with van der Waals surface area (Å²) in [7, 11) is 1.16. The number of nitrogens with zero attached hydrogens (tertiary/aromatic N) is 1. The van der Waals surface area contributed by atoms with Gasteiger partial charge in [-0.15, -0.1) is 0 Å². The molecule has 24 heavy (non-hydrogen) atoms. The Morgan fingerprint density at radius 2 is 1.92 bits per heavy atom. The topological polar surface area (TPSA) is 91.9 Å². The lowest BCUT2D eigenvalue weighted by Crippen LogP contribution is -2.45. The van der Waals surface area contributed by atoms with Crippen molar-refractivity contribution in [2.24, 2.45) is 0 Å². The molecule has 9 heteroatoms. The van der Waals surface area contributed by atoms with Gasteiger partial charge in [-0.05, 0) is 32.0 Å². The monoisotopic (exact) mass is 340 g/mol. The highest BCUT2D eigenvalue weighted by molar-refractivity contribution is 5.90. The molecular formula is C15H21FN4O4. The SMILES string of the molecule is COC(=O)NNC(=O)Nc1ccc(N2C[C@@H](C)O[C@@H](C)C2)c(F)c1. The average molecular weight is 340 g/mol. The third kappa shape index (κ3) is 4.72. The van der Waals surface area contributed by atoms with Gasteiger partial charge in [-0.3, -0.25) is 0 Å². The van der Waals surface area contributed by atoms with E-state index in [1.165, 1.54) is 6.07 Å². The van der Waals surface area contributed by atoms with Crippen molar-refractivity contribution in [3.63, 3.8) is 0 Å². The maximum absolute atomic E-state index is 14.4. The third-order valence-electron chi connectivity index (χ3n) is 3.43. The lowest BCUT2D eigenvalue weighted by atomic mass is 10.2. The number of rotatable bonds is 2. The molecule has 132 valence electrons. The maximum atomic E-state index is 14.4. The van der Waals surface area contributed by atoms with E-state index in [4.69, 9.17) is 4.74 Å². The first-order valence-corrected chi connectivity index (χ1v) is 7.50. The Morgan fingerprint density at radius 1 is 1.25 bits per heavy atom. The molecule has 1 aliphatic heterocycles. The van der Waals surface area contributed by atoms with Gasteiger partial charge >= 0.3 is 12.1 Å². The lowest BCUT2D eigenvalue weighted by Gasteiger charge is -2.37. The number of urea groups is 1. The van der Waals surface area contributed by atoms with Crippen LogP contribution >= 0.6 is 0 Å². The number of halogens is 1. The normalized spacial score (nSPS) is 20.2. The van der Waals surface area contributed by atoms with Crippen LogP contribution in [-0.4, -0.2) is 44.5 Å². The van der Waals surface area contributed by atoms with Crippen molar-refractivity contribution in [2.75, 3.05) is 30.4 Å². The number of hydrogen-bond donors (Lipinski definition) is 3. The van der Waals surface area contributed by atoms with Crippen molar-refractivity contribution in [1.82, 2.24) is 10.9 Å². The molecule has 1 fully saturated rings. The Morgan fingerprint density at radius 3 is 2.50 bits per heavy atom. The van der Waals surface area contributed by atoms with Gasteiger partial charge in [0.05, 0.1) is 25.0 Å². The van der Waals surface area contributed by atoms with Gasteiger partial charge in [0.25, 0.3) is 0 Å². The molecule has 0 spiro atoms. The molecule has 1 saturated heterocycles. The van der Waals surface area contributed by atoms with E-state index in [9.17, 15) is 14.0 Å². The molecule has 0 saturated carbocycles. The first-order valence-electron chi connectivity index (χ1n) is 7.50. The molecule has 1 aromatic rings. The van der Waals surface area contributed by atoms with E-state index in [0.29, 0.717) is 18.8 Å². The molecule has 2 rings (SSSR count). The van der Waals surface area contributed by atoms with Crippen LogP contribution in [0.5, 0.6) is 0 Å². The molecule has 1 aliphatic rings. The van der Waals surface area contributed by atoms with Crippen molar-refractivity contribution in [3.8, 4) is 0 Å². The fourth-order valence-electron chi connectivity index (χ4n) is 2.54. The van der Waals surface area contributed by atoms with E-state index < -0.39 is 17.9 Å². The molecule has 0 radical (unpaired) electrons. The summed E-state index contributed by atoms with van der Waals surface area (Å²) >= 11 is 0. The maximum Gasteiger partial charge on any atom is 0.425 e. The summed E-state index contributed by atoms with van der Waals surface area (Å²) in [6, 6.07) is 3.68. The average Bonchev–Trinajstić information content (AvgIpc) is 2.51. The minimum absolute atomic E-state index is 0.0149. The van der Waals surface area contributed by atoms with Gasteiger partial charge in [0.15, 0.2) is 0 Å². The molecule has 3 N–H and O–H groups in total. The summed E-state index contributed by atoms with van der Waals surface area (Å²) in [4.78, 5) is 24.3. The number of methoxy groups -OCH3 is 1. The van der Waals surface area contributed by atoms with Gasteiger partial charge in [0, 0.05) is 18.8 Å². The molecule has 8 nitrogen and oxygen atoms in total. The number of hydrogen-bond acceptors (Lipinski definition) is 5. The molecule has 2 atom stereocenters. The fourth-order valence-corrected chi connectivity index (χ4v) is 2.54. The highest BCUT2D eigenvalue weighted by Crippen LogP contribution is 2.26. The fraction of sp³-hybridized carbons (Fsp3) is 0.467. The van der Waals surface area contributed by atoms with Crippen LogP contribution in [0.3, 0.4) is 0 Å². The van der Waals surface area contributed by atoms with E-state index in [-0.39, 0.29) is 17.9 Å². The van der Waals surface area contributed by atoms with Crippen molar-refractivity contribution in [3.05, 3.63) is 24.0 Å². The minimum atomic E-state index is -0.817. The second kappa shape index (κ2) is 7.82. The van der Waals surface area contributed by atoms with Crippen LogP contribution in [0.25, 0.3) is 0 Å². The van der Waals surface area contributed by atoms with Crippen molar-refractivity contribution in [1.29, 1.82) is 0 Å². The van der Waals surface area contributed by atoms with Gasteiger partial charge < -0.3 is 19.7 Å². The number of anilines is 2. The van der Waals surface area contributed by atoms with E-state index >= 15 is 0 Å². The quantitative estimate of drug-likeness (QED) is 0.715. The van der Waals surface area contributed by atoms with Gasteiger partial charge in [-0.1, -0.05) is 0 Å². The summed E-state index contributed by atoms with van der Waals surface area (Å²) in [5, 5.41) is 2.41. The number of benzene rings is 1. The summed E-state index contributed by atoms with van der Waals surface area (Å²) in [5.74, 6) is -0.449. The van der Waals surface area contributed by atoms with Crippen LogP contribution in [0.2, 0.25) is 0 Å². The van der Waals surface area contributed by atoms with Gasteiger partial charge in [0.2, 0.25) is 0 Å². The summed E-state index contributed by atoms with van der Waals surface area (Å²) < 4.78 is 24.3. The Bertz CT molecular complexity index is 603. The Kier molecular flexibility index (Phi) is 5.80. The predicted molar refractivity (Wildman–Crippen MR) is 86.3 cm³/mol. The molecule has 1 aromatic carbocycles. The number of ether oxygens (including phenoxy) is 2. The van der Waals surface area contributed by atoms with Crippen LogP contribution in [0.15, 0.2) is 18.2 Å². The third-order valence-corrected chi connectivity index (χ3v) is 3.43. The molecule has 1 heterocycles. The van der Waals surface area contributed by atoms with Crippen LogP contribution in [-0.2, 0) is 9.47 Å². The highest BCUT2D eigenvalue weighted by atomic mass is 19.1. The van der Waals surface area contributed by atoms with Crippen LogP contribution < -0.4 is 21.1 Å². The zero-order valence-electron chi connectivity index (χ0n) is 13.8. The van der Waals surface area contributed by atoms with E-state index in [1.54, 1.807) is 12.1 Å². The Labute approximate surface area is 139 Å². The van der Waals surface area contributed by atoms with Gasteiger partial charge in [-0.2, -0.15) is 0 Å². The summed E-state index contributed by atoms with van der Waals surface area (Å²) in [6.07, 6.45) is -0.788. The molecule has 3 amide bonds. The number of hydrazine groups is 1. The Balaban J connectivity index is 1.99. The zero-order valence-corrected chi connectivity index (χ0v) is 13.8. The molecule has 0 unspecified atom stereocenters. The number of morpholine rings is 1. The first kappa shape index (κ1) is 17.8. The molecule has 0 bridgehead atoms. The van der Waals surface area contributed by atoms with Gasteiger partial charge in [-0.25, -0.2) is 24.8 Å². The number of carbonyl (C=O) groups is 2. The van der Waals surface area contributed by atoms with Gasteiger partial charge in [0.1, 0.15) is 5.82 Å². The summed E-state index contributed by atoms with van der Waals surface area (Å²) in [6.45, 7) is 5.07. The minimum Gasteiger partial charge on any atom is -0.452 e. The summed E-state index contributed by atoms with van der Waals surface area (Å²) in [5.41, 5.74) is 4.78. The lowest BCUT2D eigenvalue weighted by molar-refractivity contribution is -0.00539. The van der Waals surface area contributed by atoms with Crippen LogP contribution in [0.1, 0.15) is 13.8 Å². The largest absolute Gasteiger partial charge is 0.452 e. The van der Waals surface area contributed by atoms with Crippen molar-refractivity contribution < 1.29 is 23.5 Å². The molecule has 0 aromatic heterocycles. The molecular weight excluding hydrogens is 319 g/mol. The van der Waals surface area contributed by atoms with E-state index in [2.05, 4.69) is 15.5 Å². The van der Waals surface area contributed by atoms with E-state index in [0.717, 1.165) is 7.11 Å². The predicted octanol–water partition coefficient (Wildman–Crippen LogP) is 1.83. The number of nitrogens with one attached hydrogen (secondary N) is 3. The smallest absolute Gasteiger partial charge is 0.425 e.